The molecule has 1 heterocycles. The Labute approximate surface area is 58.4 Å². The van der Waals surface area contributed by atoms with Crippen molar-refractivity contribution in [2.75, 3.05) is 6.61 Å². The van der Waals surface area contributed by atoms with Gasteiger partial charge in [-0.05, 0) is 6.42 Å². The largest absolute Gasteiger partial charge is 0.479 e. The second kappa shape index (κ2) is 2.98. The second-order valence-electron chi connectivity index (χ2n) is 2.38. The number of ether oxygens (including phenoxy) is 1. The lowest BCUT2D eigenvalue weighted by molar-refractivity contribution is -0.157. The molecule has 1 aliphatic heterocycles. The number of rotatable bonds is 1. The van der Waals surface area contributed by atoms with Crippen LogP contribution in [0.1, 0.15) is 12.8 Å². The van der Waals surface area contributed by atoms with Crippen LogP contribution in [0, 0.1) is 0 Å². The minimum atomic E-state index is -0.987. The van der Waals surface area contributed by atoms with E-state index >= 15 is 0 Å². The molecule has 1 fully saturated rings. The van der Waals surface area contributed by atoms with Gasteiger partial charge in [-0.15, -0.1) is 0 Å². The Morgan fingerprint density at radius 1 is 1.60 bits per heavy atom. The van der Waals surface area contributed by atoms with E-state index in [-0.39, 0.29) is 6.42 Å². The van der Waals surface area contributed by atoms with Crippen LogP contribution in [0.5, 0.6) is 0 Å². The molecule has 0 amide bonds. The molecule has 0 aromatic rings. The highest BCUT2D eigenvalue weighted by Crippen LogP contribution is 2.13. The Balaban J connectivity index is 2.39. The smallest absolute Gasteiger partial charge is 0.332 e. The molecule has 0 bridgehead atoms. The van der Waals surface area contributed by atoms with Gasteiger partial charge in [-0.2, -0.15) is 0 Å². The summed E-state index contributed by atoms with van der Waals surface area (Å²) in [5.74, 6) is -0.987. The lowest BCUT2D eigenvalue weighted by Gasteiger charge is -2.22. The Morgan fingerprint density at radius 3 is 2.70 bits per heavy atom. The van der Waals surface area contributed by atoms with Crippen LogP contribution < -0.4 is 0 Å². The molecule has 10 heavy (non-hydrogen) atoms. The van der Waals surface area contributed by atoms with Crippen molar-refractivity contribution in [3.63, 3.8) is 0 Å². The van der Waals surface area contributed by atoms with Gasteiger partial charge in [0.2, 0.25) is 0 Å². The zero-order valence-electron chi connectivity index (χ0n) is 5.49. The fraction of sp³-hybridized carbons (Fsp3) is 0.833. The third-order valence-electron chi connectivity index (χ3n) is 1.53. The van der Waals surface area contributed by atoms with E-state index < -0.39 is 18.2 Å². The predicted molar refractivity (Wildman–Crippen MR) is 32.6 cm³/mol. The van der Waals surface area contributed by atoms with Crippen LogP contribution in [0.4, 0.5) is 0 Å². The van der Waals surface area contributed by atoms with Gasteiger partial charge in [0.1, 0.15) is 0 Å². The van der Waals surface area contributed by atoms with E-state index in [1.54, 1.807) is 0 Å². The van der Waals surface area contributed by atoms with E-state index in [1.165, 1.54) is 0 Å². The third-order valence-corrected chi connectivity index (χ3v) is 1.53. The molecule has 1 unspecified atom stereocenters. The van der Waals surface area contributed by atoms with E-state index in [0.717, 1.165) is 0 Å². The van der Waals surface area contributed by atoms with E-state index in [0.29, 0.717) is 13.0 Å². The number of hydrogen-bond donors (Lipinski definition) is 2. The first-order valence-electron chi connectivity index (χ1n) is 3.22. The van der Waals surface area contributed by atoms with Gasteiger partial charge in [-0.1, -0.05) is 0 Å². The highest BCUT2D eigenvalue weighted by atomic mass is 16.5. The molecule has 1 rings (SSSR count). The van der Waals surface area contributed by atoms with Crippen molar-refractivity contribution in [1.29, 1.82) is 0 Å². The summed E-state index contributed by atoms with van der Waals surface area (Å²) in [6.45, 7) is 0.345. The highest BCUT2D eigenvalue weighted by molar-refractivity contribution is 5.72. The fourth-order valence-corrected chi connectivity index (χ4v) is 0.951. The van der Waals surface area contributed by atoms with Crippen molar-refractivity contribution < 1.29 is 19.7 Å². The lowest BCUT2D eigenvalue weighted by Crippen LogP contribution is -2.34. The minimum Gasteiger partial charge on any atom is -0.479 e. The summed E-state index contributed by atoms with van der Waals surface area (Å²) in [5, 5.41) is 17.4. The molecule has 0 aromatic carbocycles. The maximum Gasteiger partial charge on any atom is 0.332 e. The number of carbonyl (C=O) groups is 1. The Kier molecular flexibility index (Phi) is 2.24. The molecule has 0 aromatic heterocycles. The molecule has 58 valence electrons. The molecule has 2 atom stereocenters. The van der Waals surface area contributed by atoms with Crippen molar-refractivity contribution in [2.45, 2.75) is 25.0 Å². The van der Waals surface area contributed by atoms with Gasteiger partial charge in [0, 0.05) is 6.42 Å². The summed E-state index contributed by atoms with van der Waals surface area (Å²) < 4.78 is 4.85. The predicted octanol–water partition coefficient (Wildman–Crippen LogP) is -0.389. The molecule has 0 aliphatic carbocycles. The van der Waals surface area contributed by atoms with Gasteiger partial charge >= 0.3 is 5.97 Å². The van der Waals surface area contributed by atoms with E-state index in [1.807, 2.05) is 0 Å². The van der Waals surface area contributed by atoms with Crippen molar-refractivity contribution in [1.82, 2.24) is 0 Å². The zero-order chi connectivity index (χ0) is 7.56. The summed E-state index contributed by atoms with van der Waals surface area (Å²) in [4.78, 5) is 10.3. The van der Waals surface area contributed by atoms with Crippen molar-refractivity contribution in [2.24, 2.45) is 0 Å². The van der Waals surface area contributed by atoms with Gasteiger partial charge in [0.25, 0.3) is 0 Å². The number of aliphatic hydroxyl groups excluding tert-OH is 1. The standard InChI is InChI=1S/C6H10O4/c7-4-1-2-10-5(3-4)6(8)9/h4-5,7H,1-3H2,(H,8,9)/t4-,5?/m1/s1. The van der Waals surface area contributed by atoms with Gasteiger partial charge in [0.15, 0.2) is 6.10 Å². The third kappa shape index (κ3) is 1.68. The average Bonchev–Trinajstić information content (AvgIpc) is 1.88. The molecule has 0 spiro atoms. The first-order valence-corrected chi connectivity index (χ1v) is 3.22. The molecule has 0 radical (unpaired) electrons. The highest BCUT2D eigenvalue weighted by Gasteiger charge is 2.26. The summed E-state index contributed by atoms with van der Waals surface area (Å²) in [5.41, 5.74) is 0. The van der Waals surface area contributed by atoms with Gasteiger partial charge in [-0.25, -0.2) is 4.79 Å². The van der Waals surface area contributed by atoms with Crippen LogP contribution in [-0.4, -0.2) is 35.0 Å². The summed E-state index contributed by atoms with van der Waals surface area (Å²) in [6.07, 6.45) is -0.544. The molecular formula is C6H10O4. The molecule has 1 aliphatic rings. The van der Waals surface area contributed by atoms with Gasteiger partial charge < -0.3 is 14.9 Å². The van der Waals surface area contributed by atoms with Crippen LogP contribution in [-0.2, 0) is 9.53 Å². The number of hydrogen-bond acceptors (Lipinski definition) is 3. The van der Waals surface area contributed by atoms with Crippen LogP contribution in [0.3, 0.4) is 0 Å². The van der Waals surface area contributed by atoms with Crippen LogP contribution in [0.2, 0.25) is 0 Å². The number of carboxylic acids is 1. The maximum absolute atomic E-state index is 10.3. The topological polar surface area (TPSA) is 66.8 Å². The van der Waals surface area contributed by atoms with Crippen molar-refractivity contribution >= 4 is 5.97 Å². The van der Waals surface area contributed by atoms with Crippen molar-refractivity contribution in [3.8, 4) is 0 Å². The molecular weight excluding hydrogens is 136 g/mol. The number of aliphatic hydroxyl groups is 1. The summed E-state index contributed by atoms with van der Waals surface area (Å²) in [7, 11) is 0. The second-order valence-corrected chi connectivity index (χ2v) is 2.38. The van der Waals surface area contributed by atoms with Crippen molar-refractivity contribution in [3.05, 3.63) is 0 Å². The number of aliphatic carboxylic acids is 1. The first kappa shape index (κ1) is 7.50. The van der Waals surface area contributed by atoms with E-state index in [9.17, 15) is 4.79 Å². The van der Waals surface area contributed by atoms with Gasteiger partial charge in [-0.3, -0.25) is 0 Å². The Bertz CT molecular complexity index is 134. The molecule has 0 saturated carbocycles. The SMILES string of the molecule is O=C(O)C1C[C@H](O)CCO1. The zero-order valence-corrected chi connectivity index (χ0v) is 5.49. The maximum atomic E-state index is 10.3. The normalized spacial score (nSPS) is 33.7. The quantitative estimate of drug-likeness (QED) is 0.528. The Morgan fingerprint density at radius 2 is 2.30 bits per heavy atom. The summed E-state index contributed by atoms with van der Waals surface area (Å²) in [6, 6.07) is 0. The Hall–Kier alpha value is -0.610. The monoisotopic (exact) mass is 146 g/mol. The van der Waals surface area contributed by atoms with E-state index in [4.69, 9.17) is 14.9 Å². The summed E-state index contributed by atoms with van der Waals surface area (Å²) >= 11 is 0. The molecule has 4 nitrogen and oxygen atoms in total. The fourth-order valence-electron chi connectivity index (χ4n) is 0.951. The lowest BCUT2D eigenvalue weighted by atomic mass is 10.1. The first-order chi connectivity index (χ1) is 4.70. The minimum absolute atomic E-state index is 0.218. The molecule has 1 saturated heterocycles. The molecule has 4 heteroatoms. The van der Waals surface area contributed by atoms with Crippen LogP contribution >= 0.6 is 0 Å². The van der Waals surface area contributed by atoms with Crippen LogP contribution in [0.15, 0.2) is 0 Å². The molecule has 2 N–H and O–H groups in total. The van der Waals surface area contributed by atoms with Gasteiger partial charge in [0.05, 0.1) is 12.7 Å². The van der Waals surface area contributed by atoms with Crippen LogP contribution in [0.25, 0.3) is 0 Å². The number of carboxylic acid groups (broad SMARTS) is 1. The average molecular weight is 146 g/mol. The van der Waals surface area contributed by atoms with E-state index in [2.05, 4.69) is 0 Å².